The summed E-state index contributed by atoms with van der Waals surface area (Å²) < 4.78 is 10.00. The highest BCUT2D eigenvalue weighted by atomic mass is 35.5. The third kappa shape index (κ3) is 4.38. The second-order valence-corrected chi connectivity index (χ2v) is 5.51. The number of alkyl halides is 1. The first-order valence-corrected chi connectivity index (χ1v) is 7.99. The molecule has 0 spiro atoms. The van der Waals surface area contributed by atoms with E-state index in [1.165, 1.54) is 16.9 Å². The van der Waals surface area contributed by atoms with Gasteiger partial charge in [-0.15, -0.1) is 11.6 Å². The molecule has 1 aromatic carbocycles. The van der Waals surface area contributed by atoms with E-state index in [1.54, 1.807) is 0 Å². The Bertz CT molecular complexity index is 595. The van der Waals surface area contributed by atoms with Crippen molar-refractivity contribution < 1.29 is 23.9 Å². The molecule has 0 N–H and O–H groups in total. The van der Waals surface area contributed by atoms with Gasteiger partial charge in [0.2, 0.25) is 5.91 Å². The van der Waals surface area contributed by atoms with Gasteiger partial charge >= 0.3 is 12.1 Å². The fourth-order valence-electron chi connectivity index (χ4n) is 2.45. The van der Waals surface area contributed by atoms with E-state index in [-0.39, 0.29) is 31.5 Å². The summed E-state index contributed by atoms with van der Waals surface area (Å²) in [6.07, 6.45) is -0.618. The topological polar surface area (TPSA) is 76.2 Å². The van der Waals surface area contributed by atoms with E-state index in [4.69, 9.17) is 21.1 Å². The molecule has 1 aliphatic heterocycles. The monoisotopic (exact) mass is 354 g/mol. The molecule has 1 fully saturated rings. The molecule has 2 amide bonds. The van der Waals surface area contributed by atoms with Crippen molar-refractivity contribution in [2.24, 2.45) is 0 Å². The first-order valence-electron chi connectivity index (χ1n) is 7.45. The standard InChI is InChI=1S/C16H19ClN2O5/c1-23-15(21)13-10-18(14(20)9-17)7-8-19(13)16(22)24-11-12-5-3-2-4-6-12/h2-6,13H,7-11H2,1H3. The zero-order valence-corrected chi connectivity index (χ0v) is 14.1. The van der Waals surface area contributed by atoms with Gasteiger partial charge in [-0.25, -0.2) is 9.59 Å². The van der Waals surface area contributed by atoms with Crippen LogP contribution in [0.2, 0.25) is 0 Å². The Balaban J connectivity index is 2.02. The molecule has 2 rings (SSSR count). The molecule has 0 radical (unpaired) electrons. The summed E-state index contributed by atoms with van der Waals surface area (Å²) >= 11 is 5.55. The average Bonchev–Trinajstić information content (AvgIpc) is 2.65. The van der Waals surface area contributed by atoms with Crippen LogP contribution in [0.15, 0.2) is 30.3 Å². The lowest BCUT2D eigenvalue weighted by Gasteiger charge is -2.38. The fourth-order valence-corrected chi connectivity index (χ4v) is 2.62. The predicted octanol–water partition coefficient (Wildman–Crippen LogP) is 1.25. The first kappa shape index (κ1) is 18.1. The van der Waals surface area contributed by atoms with Crippen molar-refractivity contribution in [1.82, 2.24) is 9.80 Å². The van der Waals surface area contributed by atoms with Gasteiger partial charge in [0.15, 0.2) is 6.04 Å². The molecule has 24 heavy (non-hydrogen) atoms. The van der Waals surface area contributed by atoms with Crippen molar-refractivity contribution in [2.45, 2.75) is 12.6 Å². The molecular formula is C16H19ClN2O5. The minimum absolute atomic E-state index is 0.0403. The minimum Gasteiger partial charge on any atom is -0.467 e. The van der Waals surface area contributed by atoms with Crippen molar-refractivity contribution in [2.75, 3.05) is 32.6 Å². The Kier molecular flexibility index (Phi) is 6.43. The Morgan fingerprint density at radius 2 is 1.92 bits per heavy atom. The molecular weight excluding hydrogens is 336 g/mol. The second-order valence-electron chi connectivity index (χ2n) is 5.25. The summed E-state index contributed by atoms with van der Waals surface area (Å²) in [5.74, 6) is -1.06. The molecule has 1 aromatic rings. The minimum atomic E-state index is -0.904. The van der Waals surface area contributed by atoms with E-state index >= 15 is 0 Å². The smallest absolute Gasteiger partial charge is 0.410 e. The van der Waals surface area contributed by atoms with Crippen LogP contribution in [0, 0.1) is 0 Å². The Hall–Kier alpha value is -2.28. The molecule has 130 valence electrons. The molecule has 7 nitrogen and oxygen atoms in total. The third-order valence-electron chi connectivity index (χ3n) is 3.76. The fraction of sp³-hybridized carbons (Fsp3) is 0.438. The van der Waals surface area contributed by atoms with Crippen molar-refractivity contribution in [3.05, 3.63) is 35.9 Å². The number of esters is 1. The average molecular weight is 355 g/mol. The summed E-state index contributed by atoms with van der Waals surface area (Å²) in [5, 5.41) is 0. The van der Waals surface area contributed by atoms with Gasteiger partial charge < -0.3 is 14.4 Å². The number of piperazine rings is 1. The maximum atomic E-state index is 12.3. The van der Waals surface area contributed by atoms with Gasteiger partial charge in [-0.3, -0.25) is 9.69 Å². The van der Waals surface area contributed by atoms with Crippen LogP contribution in [0.25, 0.3) is 0 Å². The van der Waals surface area contributed by atoms with Crippen LogP contribution >= 0.6 is 11.6 Å². The number of halogens is 1. The molecule has 0 aromatic heterocycles. The first-order chi connectivity index (χ1) is 11.6. The molecule has 1 aliphatic rings. The van der Waals surface area contributed by atoms with Gasteiger partial charge in [-0.2, -0.15) is 0 Å². The van der Waals surface area contributed by atoms with Crippen molar-refractivity contribution in [3.8, 4) is 0 Å². The lowest BCUT2D eigenvalue weighted by Crippen LogP contribution is -2.59. The zero-order valence-electron chi connectivity index (χ0n) is 13.3. The van der Waals surface area contributed by atoms with Gasteiger partial charge in [-0.1, -0.05) is 30.3 Å². The van der Waals surface area contributed by atoms with Gasteiger partial charge in [0, 0.05) is 13.1 Å². The van der Waals surface area contributed by atoms with E-state index in [9.17, 15) is 14.4 Å². The van der Waals surface area contributed by atoms with Crippen molar-refractivity contribution in [3.63, 3.8) is 0 Å². The van der Waals surface area contributed by atoms with Crippen LogP contribution in [0.3, 0.4) is 0 Å². The highest BCUT2D eigenvalue weighted by Gasteiger charge is 2.38. The molecule has 0 bridgehead atoms. The van der Waals surface area contributed by atoms with E-state index in [0.29, 0.717) is 6.54 Å². The zero-order chi connectivity index (χ0) is 17.5. The maximum Gasteiger partial charge on any atom is 0.410 e. The normalized spacial score (nSPS) is 17.3. The maximum absolute atomic E-state index is 12.3. The summed E-state index contributed by atoms with van der Waals surface area (Å²) in [4.78, 5) is 38.7. The molecule has 1 unspecified atom stereocenters. The number of carbonyl (C=O) groups excluding carboxylic acids is 3. The van der Waals surface area contributed by atoms with E-state index in [2.05, 4.69) is 0 Å². The lowest BCUT2D eigenvalue weighted by molar-refractivity contribution is -0.150. The van der Waals surface area contributed by atoms with Crippen molar-refractivity contribution in [1.29, 1.82) is 0 Å². The SMILES string of the molecule is COC(=O)C1CN(C(=O)CCl)CCN1C(=O)OCc1ccccc1. The number of methoxy groups -OCH3 is 1. The molecule has 0 aliphatic carbocycles. The van der Waals surface area contributed by atoms with Gasteiger partial charge in [0.1, 0.15) is 12.5 Å². The molecule has 1 atom stereocenters. The Morgan fingerprint density at radius 1 is 1.21 bits per heavy atom. The van der Waals surface area contributed by atoms with Crippen LogP contribution in [0.5, 0.6) is 0 Å². The molecule has 1 saturated heterocycles. The number of ether oxygens (including phenoxy) is 2. The summed E-state index contributed by atoms with van der Waals surface area (Å²) in [5.41, 5.74) is 0.844. The Labute approximate surface area is 145 Å². The molecule has 0 saturated carbocycles. The van der Waals surface area contributed by atoms with E-state index in [1.807, 2.05) is 30.3 Å². The molecule has 8 heteroatoms. The van der Waals surface area contributed by atoms with Crippen LogP contribution in [0.1, 0.15) is 5.56 Å². The Morgan fingerprint density at radius 3 is 2.54 bits per heavy atom. The lowest BCUT2D eigenvalue weighted by atomic mass is 10.1. The number of nitrogens with zero attached hydrogens (tertiary/aromatic N) is 2. The van der Waals surface area contributed by atoms with Crippen LogP contribution in [-0.2, 0) is 25.7 Å². The molecule has 1 heterocycles. The van der Waals surface area contributed by atoms with Gasteiger partial charge in [0.25, 0.3) is 0 Å². The number of rotatable bonds is 4. The number of amides is 2. The van der Waals surface area contributed by atoms with Crippen LogP contribution < -0.4 is 0 Å². The van der Waals surface area contributed by atoms with Gasteiger partial charge in [-0.05, 0) is 5.56 Å². The number of hydrogen-bond donors (Lipinski definition) is 0. The predicted molar refractivity (Wildman–Crippen MR) is 86.4 cm³/mol. The highest BCUT2D eigenvalue weighted by molar-refractivity contribution is 6.27. The largest absolute Gasteiger partial charge is 0.467 e. The highest BCUT2D eigenvalue weighted by Crippen LogP contribution is 2.14. The number of carbonyl (C=O) groups is 3. The number of benzene rings is 1. The van der Waals surface area contributed by atoms with Gasteiger partial charge in [0.05, 0.1) is 13.7 Å². The summed E-state index contributed by atoms with van der Waals surface area (Å²) in [6.45, 7) is 0.614. The quantitative estimate of drug-likeness (QED) is 0.601. The van der Waals surface area contributed by atoms with E-state index < -0.39 is 18.1 Å². The van der Waals surface area contributed by atoms with Crippen LogP contribution in [0.4, 0.5) is 4.79 Å². The van der Waals surface area contributed by atoms with E-state index in [0.717, 1.165) is 5.56 Å². The summed E-state index contributed by atoms with van der Waals surface area (Å²) in [6, 6.07) is 8.32. The third-order valence-corrected chi connectivity index (χ3v) is 3.99. The van der Waals surface area contributed by atoms with Crippen molar-refractivity contribution >= 4 is 29.6 Å². The summed E-state index contributed by atoms with van der Waals surface area (Å²) in [7, 11) is 1.23. The van der Waals surface area contributed by atoms with Crippen LogP contribution in [-0.4, -0.2) is 66.4 Å². The second kappa shape index (κ2) is 8.54. The number of hydrogen-bond acceptors (Lipinski definition) is 5.